The van der Waals surface area contributed by atoms with Crippen LogP contribution in [0.2, 0.25) is 0 Å². The van der Waals surface area contributed by atoms with E-state index in [0.29, 0.717) is 6.42 Å². The van der Waals surface area contributed by atoms with Gasteiger partial charge in [-0.05, 0) is 40.3 Å². The van der Waals surface area contributed by atoms with Crippen LogP contribution in [0.25, 0.3) is 0 Å². The van der Waals surface area contributed by atoms with Crippen LogP contribution >= 0.6 is 22.6 Å². The van der Waals surface area contributed by atoms with E-state index in [9.17, 15) is 10.1 Å². The van der Waals surface area contributed by atoms with E-state index >= 15 is 0 Å². The molecule has 1 rings (SSSR count). The van der Waals surface area contributed by atoms with Gasteiger partial charge in [0.1, 0.15) is 0 Å². The lowest BCUT2D eigenvalue weighted by Gasteiger charge is -2.03. The predicted octanol–water partition coefficient (Wildman–Crippen LogP) is 2.50. The molecule has 0 aliphatic rings. The standard InChI is InChI=1S/C9H10INO2/c1-7(11(12)13)5-8-3-2-4-9(10)6-8/h2-4,6-7H,5H2,1H3. The lowest BCUT2D eigenvalue weighted by Crippen LogP contribution is -2.17. The quantitative estimate of drug-likeness (QED) is 0.488. The molecule has 0 aliphatic carbocycles. The molecular weight excluding hydrogens is 281 g/mol. The highest BCUT2D eigenvalue weighted by atomic mass is 127. The van der Waals surface area contributed by atoms with Crippen molar-refractivity contribution in [3.63, 3.8) is 0 Å². The van der Waals surface area contributed by atoms with Crippen LogP contribution in [0.15, 0.2) is 24.3 Å². The van der Waals surface area contributed by atoms with Crippen LogP contribution in [0.5, 0.6) is 0 Å². The number of hydrogen-bond acceptors (Lipinski definition) is 2. The Hall–Kier alpha value is -0.650. The highest BCUT2D eigenvalue weighted by molar-refractivity contribution is 14.1. The summed E-state index contributed by atoms with van der Waals surface area (Å²) in [7, 11) is 0. The lowest BCUT2D eigenvalue weighted by atomic mass is 10.1. The number of rotatable bonds is 3. The summed E-state index contributed by atoms with van der Waals surface area (Å²) in [5, 5.41) is 10.4. The molecule has 0 radical (unpaired) electrons. The Morgan fingerprint density at radius 2 is 2.31 bits per heavy atom. The fraction of sp³-hybridized carbons (Fsp3) is 0.333. The molecule has 0 heterocycles. The Bertz CT molecular complexity index is 314. The number of hydrogen-bond donors (Lipinski definition) is 0. The van der Waals surface area contributed by atoms with Crippen LogP contribution in [-0.4, -0.2) is 11.0 Å². The van der Waals surface area contributed by atoms with Gasteiger partial charge < -0.3 is 0 Å². The van der Waals surface area contributed by atoms with Crippen molar-refractivity contribution in [1.29, 1.82) is 0 Å². The van der Waals surface area contributed by atoms with Gasteiger partial charge in [-0.3, -0.25) is 10.1 Å². The first-order chi connectivity index (χ1) is 6.09. The van der Waals surface area contributed by atoms with Crippen molar-refractivity contribution >= 4 is 22.6 Å². The van der Waals surface area contributed by atoms with Crippen molar-refractivity contribution < 1.29 is 4.92 Å². The molecule has 0 bridgehead atoms. The van der Waals surface area contributed by atoms with E-state index in [1.54, 1.807) is 6.92 Å². The highest BCUT2D eigenvalue weighted by Crippen LogP contribution is 2.10. The molecule has 1 aromatic carbocycles. The van der Waals surface area contributed by atoms with Crippen molar-refractivity contribution in [2.75, 3.05) is 0 Å². The molecule has 3 nitrogen and oxygen atoms in total. The minimum atomic E-state index is -0.502. The molecule has 13 heavy (non-hydrogen) atoms. The van der Waals surface area contributed by atoms with Gasteiger partial charge in [0.15, 0.2) is 0 Å². The lowest BCUT2D eigenvalue weighted by molar-refractivity contribution is -0.517. The first kappa shape index (κ1) is 10.4. The molecule has 0 saturated heterocycles. The summed E-state index contributed by atoms with van der Waals surface area (Å²) in [6, 6.07) is 7.28. The second kappa shape index (κ2) is 4.55. The molecule has 70 valence electrons. The maximum Gasteiger partial charge on any atom is 0.214 e. The fourth-order valence-electron chi connectivity index (χ4n) is 1.08. The molecule has 0 spiro atoms. The van der Waals surface area contributed by atoms with Crippen molar-refractivity contribution in [3.05, 3.63) is 43.5 Å². The fourth-order valence-corrected chi connectivity index (χ4v) is 1.69. The normalized spacial score (nSPS) is 12.5. The van der Waals surface area contributed by atoms with Gasteiger partial charge in [-0.25, -0.2) is 0 Å². The molecule has 1 atom stereocenters. The van der Waals surface area contributed by atoms with Gasteiger partial charge in [0.05, 0.1) is 0 Å². The van der Waals surface area contributed by atoms with Gasteiger partial charge in [-0.1, -0.05) is 12.1 Å². The molecule has 0 saturated carbocycles. The Morgan fingerprint density at radius 3 is 2.85 bits per heavy atom. The van der Waals surface area contributed by atoms with Crippen LogP contribution in [0, 0.1) is 13.7 Å². The Kier molecular flexibility index (Phi) is 3.65. The zero-order chi connectivity index (χ0) is 9.84. The first-order valence-corrected chi connectivity index (χ1v) is 5.05. The summed E-state index contributed by atoms with van der Waals surface area (Å²) in [5.74, 6) is 0. The van der Waals surface area contributed by atoms with E-state index in [1.807, 2.05) is 24.3 Å². The van der Waals surface area contributed by atoms with Crippen LogP contribution < -0.4 is 0 Å². The SMILES string of the molecule is CC(Cc1cccc(I)c1)[N+](=O)[O-]. The van der Waals surface area contributed by atoms with Gasteiger partial charge in [0.2, 0.25) is 6.04 Å². The van der Waals surface area contributed by atoms with Crippen LogP contribution in [0.1, 0.15) is 12.5 Å². The molecular formula is C9H10INO2. The third-order valence-corrected chi connectivity index (χ3v) is 2.45. The first-order valence-electron chi connectivity index (χ1n) is 3.97. The summed E-state index contributed by atoms with van der Waals surface area (Å²) in [6.07, 6.45) is 0.504. The van der Waals surface area contributed by atoms with E-state index in [4.69, 9.17) is 0 Å². The third kappa shape index (κ3) is 3.30. The molecule has 0 amide bonds. The number of nitro groups is 1. The van der Waals surface area contributed by atoms with E-state index in [-0.39, 0.29) is 4.92 Å². The molecule has 0 N–H and O–H groups in total. The highest BCUT2D eigenvalue weighted by Gasteiger charge is 2.12. The maximum atomic E-state index is 10.4. The molecule has 0 aliphatic heterocycles. The molecule has 0 aromatic heterocycles. The van der Waals surface area contributed by atoms with Gasteiger partial charge >= 0.3 is 0 Å². The summed E-state index contributed by atoms with van der Waals surface area (Å²) < 4.78 is 1.12. The predicted molar refractivity (Wildman–Crippen MR) is 59.3 cm³/mol. The topological polar surface area (TPSA) is 43.1 Å². The van der Waals surface area contributed by atoms with Crippen molar-refractivity contribution in [2.24, 2.45) is 0 Å². The second-order valence-corrected chi connectivity index (χ2v) is 4.21. The Labute approximate surface area is 90.4 Å². The largest absolute Gasteiger partial charge is 0.264 e. The monoisotopic (exact) mass is 291 g/mol. The number of halogens is 1. The Balaban J connectivity index is 2.69. The van der Waals surface area contributed by atoms with Crippen LogP contribution in [0.3, 0.4) is 0 Å². The molecule has 0 fully saturated rings. The number of benzene rings is 1. The van der Waals surface area contributed by atoms with Gasteiger partial charge in [0, 0.05) is 21.8 Å². The van der Waals surface area contributed by atoms with Crippen LogP contribution in [0.4, 0.5) is 0 Å². The summed E-state index contributed by atoms with van der Waals surface area (Å²) in [5.41, 5.74) is 1.02. The van der Waals surface area contributed by atoms with Gasteiger partial charge in [0.25, 0.3) is 0 Å². The van der Waals surface area contributed by atoms with Crippen molar-refractivity contribution in [3.8, 4) is 0 Å². The minimum absolute atomic E-state index is 0.250. The van der Waals surface area contributed by atoms with Crippen molar-refractivity contribution in [1.82, 2.24) is 0 Å². The zero-order valence-electron chi connectivity index (χ0n) is 7.24. The average Bonchev–Trinajstić information content (AvgIpc) is 2.04. The summed E-state index contributed by atoms with van der Waals surface area (Å²) in [4.78, 5) is 10.1. The van der Waals surface area contributed by atoms with Gasteiger partial charge in [-0.2, -0.15) is 0 Å². The maximum absolute atomic E-state index is 10.4. The van der Waals surface area contributed by atoms with E-state index in [2.05, 4.69) is 22.6 Å². The Morgan fingerprint density at radius 1 is 1.62 bits per heavy atom. The molecule has 1 unspecified atom stereocenters. The molecule has 4 heteroatoms. The smallest absolute Gasteiger partial charge is 0.214 e. The van der Waals surface area contributed by atoms with Gasteiger partial charge in [-0.15, -0.1) is 0 Å². The summed E-state index contributed by atoms with van der Waals surface area (Å²) in [6.45, 7) is 1.62. The minimum Gasteiger partial charge on any atom is -0.264 e. The third-order valence-electron chi connectivity index (χ3n) is 1.78. The second-order valence-electron chi connectivity index (χ2n) is 2.97. The van der Waals surface area contributed by atoms with E-state index in [1.165, 1.54) is 0 Å². The summed E-state index contributed by atoms with van der Waals surface area (Å²) >= 11 is 2.20. The zero-order valence-corrected chi connectivity index (χ0v) is 9.39. The average molecular weight is 291 g/mol. The van der Waals surface area contributed by atoms with Crippen molar-refractivity contribution in [2.45, 2.75) is 19.4 Å². The van der Waals surface area contributed by atoms with E-state index in [0.717, 1.165) is 9.13 Å². The van der Waals surface area contributed by atoms with Crippen LogP contribution in [-0.2, 0) is 6.42 Å². The van der Waals surface area contributed by atoms with E-state index < -0.39 is 6.04 Å². The number of nitrogens with zero attached hydrogens (tertiary/aromatic N) is 1. The molecule has 1 aromatic rings.